The van der Waals surface area contributed by atoms with Crippen LogP contribution in [0.15, 0.2) is 18.2 Å². The summed E-state index contributed by atoms with van der Waals surface area (Å²) in [4.78, 5) is 0. The van der Waals surface area contributed by atoms with Crippen molar-refractivity contribution in [2.45, 2.75) is 19.1 Å². The highest BCUT2D eigenvalue weighted by molar-refractivity contribution is 8.03. The molecule has 0 spiro atoms. The van der Waals surface area contributed by atoms with Crippen molar-refractivity contribution >= 4 is 35.1 Å². The first-order valence-electron chi connectivity index (χ1n) is 7.11. The normalized spacial score (nSPS) is 18.2. The quantitative estimate of drug-likeness (QED) is 0.828. The first-order chi connectivity index (χ1) is 10.1. The summed E-state index contributed by atoms with van der Waals surface area (Å²) in [7, 11) is 0. The van der Waals surface area contributed by atoms with Crippen LogP contribution in [0.1, 0.15) is 5.56 Å². The molecule has 21 heavy (non-hydrogen) atoms. The lowest BCUT2D eigenvalue weighted by Crippen LogP contribution is -2.40. The van der Waals surface area contributed by atoms with E-state index in [2.05, 4.69) is 5.32 Å². The van der Waals surface area contributed by atoms with E-state index in [1.807, 2.05) is 48.6 Å². The number of nitrogens with one attached hydrogen (secondary N) is 1. The highest BCUT2D eigenvalue weighted by Gasteiger charge is 2.14. The van der Waals surface area contributed by atoms with Gasteiger partial charge in [0.1, 0.15) is 18.5 Å². The summed E-state index contributed by atoms with van der Waals surface area (Å²) in [5.74, 6) is 5.44. The summed E-state index contributed by atoms with van der Waals surface area (Å²) in [5.41, 5.74) is 0.981. The summed E-state index contributed by atoms with van der Waals surface area (Å²) in [6.45, 7) is 2.80. The number of rotatable bonds is 6. The van der Waals surface area contributed by atoms with Crippen molar-refractivity contribution in [1.29, 1.82) is 0 Å². The van der Waals surface area contributed by atoms with Gasteiger partial charge in [-0.1, -0.05) is 11.6 Å². The van der Waals surface area contributed by atoms with Gasteiger partial charge >= 0.3 is 0 Å². The largest absolute Gasteiger partial charge is 0.491 e. The SMILES string of the molecule is Cc1cc(OCC(O)CNC2CSCCSC2)ccc1Cl. The summed E-state index contributed by atoms with van der Waals surface area (Å²) in [6, 6.07) is 6.02. The Morgan fingerprint density at radius 3 is 2.76 bits per heavy atom. The lowest BCUT2D eigenvalue weighted by Gasteiger charge is -2.19. The zero-order valence-electron chi connectivity index (χ0n) is 12.2. The Morgan fingerprint density at radius 1 is 1.38 bits per heavy atom. The van der Waals surface area contributed by atoms with E-state index in [4.69, 9.17) is 16.3 Å². The maximum Gasteiger partial charge on any atom is 0.119 e. The van der Waals surface area contributed by atoms with Crippen LogP contribution in [0.5, 0.6) is 5.75 Å². The van der Waals surface area contributed by atoms with E-state index >= 15 is 0 Å². The van der Waals surface area contributed by atoms with Crippen LogP contribution >= 0.6 is 35.1 Å². The van der Waals surface area contributed by atoms with Gasteiger partial charge in [0.05, 0.1) is 0 Å². The predicted molar refractivity (Wildman–Crippen MR) is 94.1 cm³/mol. The molecule has 1 unspecified atom stereocenters. The minimum Gasteiger partial charge on any atom is -0.491 e. The third kappa shape index (κ3) is 6.28. The third-order valence-corrected chi connectivity index (χ3v) is 6.17. The first kappa shape index (κ1) is 17.3. The Hall–Kier alpha value is -0.0700. The Morgan fingerprint density at radius 2 is 2.10 bits per heavy atom. The van der Waals surface area contributed by atoms with Gasteiger partial charge in [0.2, 0.25) is 0 Å². The number of thioether (sulfide) groups is 2. The standard InChI is InChI=1S/C15H22ClNO2S2/c1-11-6-14(2-3-15(11)16)19-8-13(18)7-17-12-9-20-4-5-21-10-12/h2-3,6,12-13,17-18H,4-5,7-10H2,1H3. The molecule has 3 nitrogen and oxygen atoms in total. The van der Waals surface area contributed by atoms with Crippen LogP contribution in [0.2, 0.25) is 5.02 Å². The number of hydrogen-bond donors (Lipinski definition) is 2. The van der Waals surface area contributed by atoms with Crippen molar-refractivity contribution in [3.05, 3.63) is 28.8 Å². The van der Waals surface area contributed by atoms with Crippen molar-refractivity contribution in [2.24, 2.45) is 0 Å². The van der Waals surface area contributed by atoms with Crippen molar-refractivity contribution in [3.63, 3.8) is 0 Å². The highest BCUT2D eigenvalue weighted by atomic mass is 35.5. The monoisotopic (exact) mass is 347 g/mol. The highest BCUT2D eigenvalue weighted by Crippen LogP contribution is 2.21. The Labute approximate surface area is 140 Å². The van der Waals surface area contributed by atoms with Crippen LogP contribution in [0.4, 0.5) is 0 Å². The molecular weight excluding hydrogens is 326 g/mol. The zero-order valence-corrected chi connectivity index (χ0v) is 14.6. The number of ether oxygens (including phenoxy) is 1. The molecule has 0 amide bonds. The van der Waals surface area contributed by atoms with Crippen molar-refractivity contribution in [1.82, 2.24) is 5.32 Å². The number of hydrogen-bond acceptors (Lipinski definition) is 5. The fourth-order valence-electron chi connectivity index (χ4n) is 2.00. The molecular formula is C15H22ClNO2S2. The molecule has 1 aliphatic rings. The van der Waals surface area contributed by atoms with Crippen molar-refractivity contribution in [3.8, 4) is 5.75 Å². The fourth-order valence-corrected chi connectivity index (χ4v) is 4.58. The van der Waals surface area contributed by atoms with E-state index in [1.54, 1.807) is 0 Å². The van der Waals surface area contributed by atoms with Crippen molar-refractivity contribution < 1.29 is 9.84 Å². The molecule has 1 heterocycles. The van der Waals surface area contributed by atoms with E-state index in [0.29, 0.717) is 19.2 Å². The smallest absolute Gasteiger partial charge is 0.119 e. The van der Waals surface area contributed by atoms with Gasteiger partial charge < -0.3 is 15.2 Å². The molecule has 2 N–H and O–H groups in total. The Kier molecular flexibility index (Phi) is 7.54. The van der Waals surface area contributed by atoms with E-state index in [-0.39, 0.29) is 0 Å². The summed E-state index contributed by atoms with van der Waals surface area (Å²) in [5, 5.41) is 14.2. The summed E-state index contributed by atoms with van der Waals surface area (Å²) in [6.07, 6.45) is -0.501. The van der Waals surface area contributed by atoms with E-state index in [9.17, 15) is 5.11 Å². The number of benzene rings is 1. The second kappa shape index (κ2) is 9.16. The topological polar surface area (TPSA) is 41.5 Å². The molecule has 2 rings (SSSR count). The number of aliphatic hydroxyl groups is 1. The third-order valence-electron chi connectivity index (χ3n) is 3.22. The van der Waals surface area contributed by atoms with Gasteiger partial charge in [0, 0.05) is 40.6 Å². The molecule has 1 fully saturated rings. The van der Waals surface area contributed by atoms with Crippen LogP contribution < -0.4 is 10.1 Å². The average molecular weight is 348 g/mol. The molecule has 1 aromatic carbocycles. The number of aliphatic hydroxyl groups excluding tert-OH is 1. The molecule has 1 saturated heterocycles. The second-order valence-electron chi connectivity index (χ2n) is 5.13. The lowest BCUT2D eigenvalue weighted by molar-refractivity contribution is 0.105. The molecule has 1 atom stereocenters. The van der Waals surface area contributed by atoms with Gasteiger partial charge in [0.15, 0.2) is 0 Å². The van der Waals surface area contributed by atoms with Gasteiger partial charge in [-0.05, 0) is 30.7 Å². The molecule has 0 bridgehead atoms. The molecule has 1 aliphatic heterocycles. The fraction of sp³-hybridized carbons (Fsp3) is 0.600. The van der Waals surface area contributed by atoms with Gasteiger partial charge in [0.25, 0.3) is 0 Å². The summed E-state index contributed by atoms with van der Waals surface area (Å²) >= 11 is 9.93. The average Bonchev–Trinajstić information content (AvgIpc) is 2.75. The van der Waals surface area contributed by atoms with Gasteiger partial charge in [-0.25, -0.2) is 0 Å². The maximum absolute atomic E-state index is 10.0. The molecule has 118 valence electrons. The molecule has 0 radical (unpaired) electrons. The minimum atomic E-state index is -0.501. The van der Waals surface area contributed by atoms with Gasteiger partial charge in [-0.3, -0.25) is 0 Å². The number of aryl methyl sites for hydroxylation is 1. The molecule has 0 aliphatic carbocycles. The summed E-state index contributed by atoms with van der Waals surface area (Å²) < 4.78 is 5.61. The maximum atomic E-state index is 10.0. The van der Waals surface area contributed by atoms with E-state index < -0.39 is 6.10 Å². The molecule has 1 aromatic rings. The predicted octanol–water partition coefficient (Wildman–Crippen LogP) is 2.83. The van der Waals surface area contributed by atoms with E-state index in [0.717, 1.165) is 27.8 Å². The number of halogens is 1. The second-order valence-corrected chi connectivity index (χ2v) is 7.84. The zero-order chi connectivity index (χ0) is 15.1. The van der Waals surface area contributed by atoms with Gasteiger partial charge in [-0.15, -0.1) is 0 Å². The van der Waals surface area contributed by atoms with Crippen LogP contribution in [0, 0.1) is 6.92 Å². The molecule has 6 heteroatoms. The van der Waals surface area contributed by atoms with Crippen LogP contribution in [0.3, 0.4) is 0 Å². The Bertz CT molecular complexity index is 440. The Balaban J connectivity index is 1.69. The van der Waals surface area contributed by atoms with Crippen LogP contribution in [-0.2, 0) is 0 Å². The van der Waals surface area contributed by atoms with Crippen LogP contribution in [0.25, 0.3) is 0 Å². The first-order valence-corrected chi connectivity index (χ1v) is 9.80. The lowest BCUT2D eigenvalue weighted by atomic mass is 10.2. The van der Waals surface area contributed by atoms with E-state index in [1.165, 1.54) is 11.5 Å². The molecule has 0 saturated carbocycles. The van der Waals surface area contributed by atoms with Gasteiger partial charge in [-0.2, -0.15) is 23.5 Å². The minimum absolute atomic E-state index is 0.293. The van der Waals surface area contributed by atoms with Crippen LogP contribution in [-0.4, -0.2) is 53.4 Å². The van der Waals surface area contributed by atoms with Crippen molar-refractivity contribution in [2.75, 3.05) is 36.2 Å². The molecule has 0 aromatic heterocycles.